The zero-order valence-electron chi connectivity index (χ0n) is 18.3. The Balaban J connectivity index is 2.04. The topological polar surface area (TPSA) is 79.3 Å². The highest BCUT2D eigenvalue weighted by atomic mass is 19.1. The molecule has 1 aliphatic rings. The van der Waals surface area contributed by atoms with E-state index >= 15 is 0 Å². The molecule has 1 aromatic heterocycles. The summed E-state index contributed by atoms with van der Waals surface area (Å²) in [5, 5.41) is 5.50. The minimum Gasteiger partial charge on any atom is -0.357 e. The lowest BCUT2D eigenvalue weighted by molar-refractivity contribution is -0.124. The van der Waals surface area contributed by atoms with Gasteiger partial charge in [0, 0.05) is 25.7 Å². The van der Waals surface area contributed by atoms with Crippen molar-refractivity contribution in [3.05, 3.63) is 41.5 Å². The van der Waals surface area contributed by atoms with E-state index in [9.17, 15) is 14.0 Å². The van der Waals surface area contributed by atoms with E-state index in [1.54, 1.807) is 19.2 Å². The van der Waals surface area contributed by atoms with Crippen molar-refractivity contribution in [2.45, 2.75) is 46.3 Å². The van der Waals surface area contributed by atoms with Crippen LogP contribution in [0.3, 0.4) is 0 Å². The molecule has 162 valence electrons. The number of nitrogens with one attached hydrogen (secondary N) is 2. The van der Waals surface area contributed by atoms with E-state index in [4.69, 9.17) is 0 Å². The smallest absolute Gasteiger partial charge is 0.272 e. The van der Waals surface area contributed by atoms with Gasteiger partial charge in [-0.25, -0.2) is 9.37 Å². The molecule has 0 saturated carbocycles. The summed E-state index contributed by atoms with van der Waals surface area (Å²) in [4.78, 5) is 32.5. The van der Waals surface area contributed by atoms with E-state index in [0.29, 0.717) is 24.6 Å². The Labute approximate surface area is 176 Å². The number of nitrogens with zero attached hydrogens (tertiary/aromatic N) is 3. The van der Waals surface area contributed by atoms with Gasteiger partial charge in [-0.15, -0.1) is 0 Å². The summed E-state index contributed by atoms with van der Waals surface area (Å²) in [7, 11) is 3.56. The number of hydrogen-bond donors (Lipinski definition) is 2. The lowest BCUT2D eigenvalue weighted by Gasteiger charge is -2.29. The molecule has 2 N–H and O–H groups in total. The van der Waals surface area contributed by atoms with Crippen LogP contribution in [0.15, 0.2) is 24.3 Å². The maximum atomic E-state index is 13.4. The van der Waals surface area contributed by atoms with E-state index in [1.807, 2.05) is 32.4 Å². The van der Waals surface area contributed by atoms with Crippen LogP contribution in [0.5, 0.6) is 0 Å². The molecule has 0 radical (unpaired) electrons. The number of carbonyl (C=O) groups is 2. The summed E-state index contributed by atoms with van der Waals surface area (Å²) in [6, 6.07) is 5.42. The van der Waals surface area contributed by atoms with Crippen LogP contribution in [-0.4, -0.2) is 52.9 Å². The third-order valence-corrected chi connectivity index (χ3v) is 5.38. The van der Waals surface area contributed by atoms with E-state index in [2.05, 4.69) is 20.5 Å². The average Bonchev–Trinajstić information content (AvgIpc) is 2.91. The third kappa shape index (κ3) is 4.53. The molecular weight excluding hydrogens is 385 g/mol. The summed E-state index contributed by atoms with van der Waals surface area (Å²) in [5.41, 5.74) is 1.39. The third-order valence-electron chi connectivity index (χ3n) is 5.38. The van der Waals surface area contributed by atoms with Crippen molar-refractivity contribution < 1.29 is 14.0 Å². The van der Waals surface area contributed by atoms with Gasteiger partial charge >= 0.3 is 0 Å². The molecule has 2 aromatic rings. The van der Waals surface area contributed by atoms with Crippen LogP contribution in [-0.2, 0) is 17.9 Å². The predicted molar refractivity (Wildman–Crippen MR) is 113 cm³/mol. The maximum Gasteiger partial charge on any atom is 0.272 e. The van der Waals surface area contributed by atoms with E-state index in [0.717, 1.165) is 24.2 Å². The van der Waals surface area contributed by atoms with Gasteiger partial charge in [-0.05, 0) is 49.7 Å². The number of hydrogen-bond acceptors (Lipinski definition) is 4. The number of amides is 2. The largest absolute Gasteiger partial charge is 0.357 e. The van der Waals surface area contributed by atoms with Crippen molar-refractivity contribution in [2.24, 2.45) is 5.41 Å². The van der Waals surface area contributed by atoms with Crippen molar-refractivity contribution in [3.8, 4) is 11.4 Å². The number of benzene rings is 1. The minimum absolute atomic E-state index is 0.253. The highest BCUT2D eigenvalue weighted by Crippen LogP contribution is 2.27. The molecule has 1 aliphatic heterocycles. The number of imidazole rings is 1. The number of carbonyl (C=O) groups excluding carboxylic acids is 2. The molecule has 30 heavy (non-hydrogen) atoms. The van der Waals surface area contributed by atoms with Gasteiger partial charge < -0.3 is 20.1 Å². The van der Waals surface area contributed by atoms with Gasteiger partial charge in [0.05, 0.1) is 5.69 Å². The van der Waals surface area contributed by atoms with Gasteiger partial charge in [0.1, 0.15) is 17.7 Å². The zero-order valence-corrected chi connectivity index (χ0v) is 18.3. The van der Waals surface area contributed by atoms with Crippen LogP contribution in [0.1, 0.15) is 43.4 Å². The van der Waals surface area contributed by atoms with E-state index in [-0.39, 0.29) is 17.6 Å². The average molecular weight is 416 g/mol. The van der Waals surface area contributed by atoms with E-state index in [1.165, 1.54) is 12.1 Å². The lowest BCUT2D eigenvalue weighted by atomic mass is 9.86. The molecule has 1 atom stereocenters. The van der Waals surface area contributed by atoms with Crippen LogP contribution >= 0.6 is 0 Å². The van der Waals surface area contributed by atoms with Gasteiger partial charge in [0.25, 0.3) is 5.91 Å². The molecule has 2 heterocycles. The first-order valence-corrected chi connectivity index (χ1v) is 10.2. The summed E-state index contributed by atoms with van der Waals surface area (Å²) in [5.74, 6) is -0.321. The molecule has 7 nitrogen and oxygen atoms in total. The molecule has 1 aromatic carbocycles. The van der Waals surface area contributed by atoms with Crippen LogP contribution in [0.4, 0.5) is 4.39 Å². The fourth-order valence-electron chi connectivity index (χ4n) is 3.74. The zero-order chi connectivity index (χ0) is 22.1. The monoisotopic (exact) mass is 415 g/mol. The van der Waals surface area contributed by atoms with Gasteiger partial charge in [-0.1, -0.05) is 20.8 Å². The second-order valence-corrected chi connectivity index (χ2v) is 8.87. The number of halogens is 1. The van der Waals surface area contributed by atoms with Crippen molar-refractivity contribution in [1.29, 1.82) is 0 Å². The predicted octanol–water partition coefficient (Wildman–Crippen LogP) is 2.42. The normalized spacial score (nSPS) is 15.8. The SMILES string of the molecule is CNC(=O)[C@@H](NC(=O)c1nc(-c2ccc(F)cc2)n2c1CN(C)CCC2)C(C)(C)C. The van der Waals surface area contributed by atoms with Gasteiger partial charge in [-0.2, -0.15) is 0 Å². The summed E-state index contributed by atoms with van der Waals surface area (Å²) < 4.78 is 15.5. The van der Waals surface area contributed by atoms with Gasteiger partial charge in [0.15, 0.2) is 5.69 Å². The molecule has 0 aliphatic carbocycles. The molecule has 0 unspecified atom stereocenters. The molecule has 3 rings (SSSR count). The number of rotatable bonds is 4. The minimum atomic E-state index is -0.704. The van der Waals surface area contributed by atoms with Crippen molar-refractivity contribution in [3.63, 3.8) is 0 Å². The molecule has 0 bridgehead atoms. The quantitative estimate of drug-likeness (QED) is 0.804. The van der Waals surface area contributed by atoms with Crippen molar-refractivity contribution in [1.82, 2.24) is 25.1 Å². The highest BCUT2D eigenvalue weighted by Gasteiger charge is 2.34. The summed E-state index contributed by atoms with van der Waals surface area (Å²) in [6.45, 7) is 7.88. The van der Waals surface area contributed by atoms with Crippen LogP contribution in [0.25, 0.3) is 11.4 Å². The molecule has 0 fully saturated rings. The lowest BCUT2D eigenvalue weighted by Crippen LogP contribution is -2.53. The Morgan fingerprint density at radius 2 is 1.83 bits per heavy atom. The number of fused-ring (bicyclic) bond motifs is 1. The molecular formula is C22H30FN5O2. The van der Waals surface area contributed by atoms with Crippen LogP contribution in [0.2, 0.25) is 0 Å². The highest BCUT2D eigenvalue weighted by molar-refractivity contribution is 5.97. The molecule has 8 heteroatoms. The van der Waals surface area contributed by atoms with Crippen LogP contribution < -0.4 is 10.6 Å². The Morgan fingerprint density at radius 3 is 2.43 bits per heavy atom. The Morgan fingerprint density at radius 1 is 1.17 bits per heavy atom. The fraction of sp³-hybridized carbons (Fsp3) is 0.500. The van der Waals surface area contributed by atoms with Gasteiger partial charge in [0.2, 0.25) is 5.91 Å². The maximum absolute atomic E-state index is 13.4. The fourth-order valence-corrected chi connectivity index (χ4v) is 3.74. The summed E-state index contributed by atoms with van der Waals surface area (Å²) in [6.07, 6.45) is 0.915. The second kappa shape index (κ2) is 8.55. The first-order chi connectivity index (χ1) is 14.1. The number of likely N-dealkylation sites (N-methyl/N-ethyl adjacent to an activating group) is 1. The Bertz CT molecular complexity index is 930. The van der Waals surface area contributed by atoms with E-state index < -0.39 is 11.5 Å². The molecule has 0 spiro atoms. The van der Waals surface area contributed by atoms with Gasteiger partial charge in [-0.3, -0.25) is 9.59 Å². The Hall–Kier alpha value is -2.74. The first-order valence-electron chi connectivity index (χ1n) is 10.2. The first kappa shape index (κ1) is 22.0. The molecule has 2 amide bonds. The van der Waals surface area contributed by atoms with Crippen molar-refractivity contribution >= 4 is 11.8 Å². The Kier molecular flexibility index (Phi) is 6.26. The second-order valence-electron chi connectivity index (χ2n) is 8.87. The standard InChI is InChI=1S/C22H30FN5O2/c1-22(2,3)18(21(30)24-4)26-20(29)17-16-13-27(5)11-6-12-28(16)19(25-17)14-7-9-15(23)10-8-14/h7-10,18H,6,11-13H2,1-5H3,(H,24,30)(H,26,29)/t18-/m1/s1. The molecule has 0 saturated heterocycles. The van der Waals surface area contributed by atoms with Crippen molar-refractivity contribution in [2.75, 3.05) is 20.6 Å². The summed E-state index contributed by atoms with van der Waals surface area (Å²) >= 11 is 0. The number of aromatic nitrogens is 2. The van der Waals surface area contributed by atoms with Crippen LogP contribution in [0, 0.1) is 11.2 Å².